The van der Waals surface area contributed by atoms with Crippen molar-refractivity contribution in [1.82, 2.24) is 0 Å². The Hall–Kier alpha value is -5.10. The van der Waals surface area contributed by atoms with E-state index in [0.717, 1.165) is 12.8 Å². The summed E-state index contributed by atoms with van der Waals surface area (Å²) in [5, 5.41) is 0. The van der Waals surface area contributed by atoms with E-state index in [-0.39, 0.29) is 45.4 Å². The first kappa shape index (κ1) is 52.9. The van der Waals surface area contributed by atoms with Gasteiger partial charge in [-0.3, -0.25) is 14.4 Å². The summed E-state index contributed by atoms with van der Waals surface area (Å²) < 4.78 is 108. The topological polar surface area (TPSA) is 329 Å². The lowest BCUT2D eigenvalue weighted by atomic mass is 10.1. The van der Waals surface area contributed by atoms with Crippen LogP contribution in [0.25, 0.3) is 0 Å². The summed E-state index contributed by atoms with van der Waals surface area (Å²) in [5.41, 5.74) is 17.4. The van der Waals surface area contributed by atoms with E-state index in [1.807, 2.05) is 6.92 Å². The molecule has 1 atom stereocenters. The van der Waals surface area contributed by atoms with Gasteiger partial charge in [-0.25, -0.2) is 25.3 Å². The Balaban J connectivity index is 0.000000480. The number of unbranched alkanes of at least 4 members (excludes halogenated alkanes) is 1. The fourth-order valence-corrected chi connectivity index (χ4v) is 5.68. The number of nitrogens with two attached hydrogens (primary N) is 3. The number of hydrogen-bond acceptors (Lipinski definition) is 18. The van der Waals surface area contributed by atoms with Gasteiger partial charge in [0.1, 0.15) is 36.4 Å². The monoisotopic (exact) mass is 894 g/mol. The van der Waals surface area contributed by atoms with Gasteiger partial charge in [-0.1, -0.05) is 74.0 Å². The van der Waals surface area contributed by atoms with E-state index in [0.29, 0.717) is 38.1 Å². The molecule has 0 heterocycles. The molecule has 4 rings (SSSR count). The van der Waals surface area contributed by atoms with Crippen molar-refractivity contribution in [2.45, 2.75) is 72.6 Å². The average molecular weight is 895 g/mol. The number of hydrogen-bond donors (Lipinski definition) is 3. The highest BCUT2D eigenvalue weighted by molar-refractivity contribution is 7.86. The largest absolute Gasteiger partial charge is 0.744 e. The molecule has 0 spiro atoms. The lowest BCUT2D eigenvalue weighted by molar-refractivity contribution is -0.145. The summed E-state index contributed by atoms with van der Waals surface area (Å²) in [6, 6.07) is 25.4. The van der Waals surface area contributed by atoms with Crippen molar-refractivity contribution >= 4 is 48.3 Å². The molecule has 0 fully saturated rings. The minimum Gasteiger partial charge on any atom is -0.744 e. The minimum atomic E-state index is -4.25. The first-order valence-electron chi connectivity index (χ1n) is 18.1. The van der Waals surface area contributed by atoms with Crippen LogP contribution in [0.1, 0.15) is 51.0 Å². The van der Waals surface area contributed by atoms with Crippen molar-refractivity contribution in [2.75, 3.05) is 19.7 Å². The Morgan fingerprint density at radius 3 is 1.30 bits per heavy atom. The maximum Gasteiger partial charge on any atom is 0.323 e. The van der Waals surface area contributed by atoms with Crippen LogP contribution in [0, 0.1) is 0 Å². The first-order valence-corrected chi connectivity index (χ1v) is 22.3. The highest BCUT2D eigenvalue weighted by Gasteiger charge is 2.19. The molecule has 0 saturated heterocycles. The quantitative estimate of drug-likeness (QED) is 0.0593. The third kappa shape index (κ3) is 22.9. The molecule has 18 nitrogen and oxygen atoms in total. The van der Waals surface area contributed by atoms with Crippen LogP contribution < -0.4 is 26.7 Å². The predicted octanol–water partition coefficient (Wildman–Crippen LogP) is 2.96. The molecule has 0 aliphatic carbocycles. The highest BCUT2D eigenvalue weighted by Crippen LogP contribution is 2.30. The number of benzene rings is 4. The second-order valence-electron chi connectivity index (χ2n) is 12.1. The summed E-state index contributed by atoms with van der Waals surface area (Å²) in [7, 11) is -12.8. The Morgan fingerprint density at radius 1 is 0.583 bits per heavy atom. The summed E-state index contributed by atoms with van der Waals surface area (Å²) in [4.78, 5) is 35.4. The van der Waals surface area contributed by atoms with Gasteiger partial charge in [-0.05, 0) is 92.9 Å². The van der Waals surface area contributed by atoms with Gasteiger partial charge in [0.15, 0.2) is 11.5 Å². The molecule has 21 heteroatoms. The third-order valence-corrected chi connectivity index (χ3v) is 9.77. The average Bonchev–Trinajstić information content (AvgIpc) is 3.21. The van der Waals surface area contributed by atoms with Gasteiger partial charge < -0.3 is 45.1 Å². The van der Waals surface area contributed by atoms with Crippen molar-refractivity contribution in [3.8, 4) is 11.5 Å². The van der Waals surface area contributed by atoms with E-state index in [9.17, 15) is 53.3 Å². The van der Waals surface area contributed by atoms with Gasteiger partial charge in [0.05, 0.1) is 21.3 Å². The summed E-state index contributed by atoms with van der Waals surface area (Å²) in [6.45, 7) is 3.03. The molecule has 0 saturated carbocycles. The van der Waals surface area contributed by atoms with Crippen LogP contribution in [0.2, 0.25) is 0 Å². The molecule has 0 aromatic heterocycles. The maximum absolute atomic E-state index is 12.0. The summed E-state index contributed by atoms with van der Waals surface area (Å²) >= 11 is 0. The van der Waals surface area contributed by atoms with E-state index >= 15 is 0 Å². The second-order valence-corrected chi connectivity index (χ2v) is 16.3. The Morgan fingerprint density at radius 2 is 0.967 bits per heavy atom. The molecule has 0 bridgehead atoms. The Labute approximate surface area is 350 Å². The Kier molecular flexibility index (Phi) is 24.4. The second kappa shape index (κ2) is 27.6. The molecule has 0 amide bonds. The van der Waals surface area contributed by atoms with Crippen LogP contribution in [0.15, 0.2) is 124 Å². The van der Waals surface area contributed by atoms with Crippen molar-refractivity contribution in [3.05, 3.63) is 115 Å². The number of carbonyl (C=O) groups is 3. The van der Waals surface area contributed by atoms with Crippen molar-refractivity contribution < 1.29 is 67.5 Å². The van der Waals surface area contributed by atoms with Crippen molar-refractivity contribution in [3.63, 3.8) is 0 Å². The van der Waals surface area contributed by atoms with Crippen LogP contribution in [0.3, 0.4) is 0 Å². The SMILES string of the molecule is CCCCOC(=O)C(N)Cc1ccc(OC(=O)CCCN)c(OC(=O)CCCN)c1.O=S(=O)([O-])c1ccccc1.O=S(=O)([O-])c1ccccc1.O=S(=O)([O-])c1ccccc1. The zero-order valence-corrected chi connectivity index (χ0v) is 35.1. The van der Waals surface area contributed by atoms with E-state index in [1.165, 1.54) is 84.9 Å². The fraction of sp³-hybridized carbons (Fsp3) is 0.308. The van der Waals surface area contributed by atoms with E-state index in [4.69, 9.17) is 31.4 Å². The summed E-state index contributed by atoms with van der Waals surface area (Å²) in [5.74, 6) is -1.28. The molecule has 4 aromatic carbocycles. The molecule has 0 aliphatic heterocycles. The van der Waals surface area contributed by atoms with Crippen LogP contribution >= 0.6 is 0 Å². The van der Waals surface area contributed by atoms with E-state index < -0.39 is 54.3 Å². The van der Waals surface area contributed by atoms with Gasteiger partial charge >= 0.3 is 17.9 Å². The highest BCUT2D eigenvalue weighted by atomic mass is 32.2. The lowest BCUT2D eigenvalue weighted by Gasteiger charge is -2.14. The lowest BCUT2D eigenvalue weighted by Crippen LogP contribution is -2.34. The van der Waals surface area contributed by atoms with Gasteiger partial charge in [0.2, 0.25) is 0 Å². The van der Waals surface area contributed by atoms with Gasteiger partial charge in [-0.2, -0.15) is 0 Å². The fourth-order valence-electron chi connectivity index (χ4n) is 4.21. The normalized spacial score (nSPS) is 11.4. The molecule has 0 aliphatic rings. The molecular weight excluding hydrogens is 847 g/mol. The summed E-state index contributed by atoms with van der Waals surface area (Å²) in [6.07, 6.45) is 3.09. The number of ether oxygens (including phenoxy) is 3. The number of esters is 3. The van der Waals surface area contributed by atoms with Gasteiger partial charge in [0.25, 0.3) is 0 Å². The molecule has 60 heavy (non-hydrogen) atoms. The maximum atomic E-state index is 12.0. The zero-order chi connectivity index (χ0) is 45.2. The van der Waals surface area contributed by atoms with Crippen molar-refractivity contribution in [2.24, 2.45) is 17.2 Å². The van der Waals surface area contributed by atoms with Gasteiger partial charge in [0, 0.05) is 12.8 Å². The first-order chi connectivity index (χ1) is 28.2. The molecule has 1 unspecified atom stereocenters. The van der Waals surface area contributed by atoms with Crippen molar-refractivity contribution in [1.29, 1.82) is 0 Å². The van der Waals surface area contributed by atoms with Crippen LogP contribution in [-0.2, 0) is 55.9 Å². The minimum absolute atomic E-state index is 0.0853. The third-order valence-electron chi connectivity index (χ3n) is 7.22. The standard InChI is InChI=1S/C21H33N3O6.3C6H6O3S/c1-2-3-12-28-21(27)16(24)13-15-8-9-17(29-19(25)6-4-10-22)18(14-15)30-20(26)7-5-11-23;3*7-10(8,9)6-4-2-1-3-5-6/h8-9,14,16H,2-7,10-13,22-24H2,1H3;3*1-5H,(H,7,8,9)/p-3. The predicted molar refractivity (Wildman–Crippen MR) is 215 cm³/mol. The van der Waals surface area contributed by atoms with E-state index in [2.05, 4.69) is 0 Å². The van der Waals surface area contributed by atoms with Gasteiger partial charge in [-0.15, -0.1) is 0 Å². The molecule has 330 valence electrons. The van der Waals surface area contributed by atoms with Crippen LogP contribution in [0.4, 0.5) is 0 Å². The molecule has 0 radical (unpaired) electrons. The molecular formula is C39H48N3O15S3-3. The van der Waals surface area contributed by atoms with Crippen LogP contribution in [0.5, 0.6) is 11.5 Å². The molecule has 4 aromatic rings. The molecule has 6 N–H and O–H groups in total. The number of carbonyl (C=O) groups excluding carboxylic acids is 3. The smallest absolute Gasteiger partial charge is 0.323 e. The zero-order valence-electron chi connectivity index (χ0n) is 32.6. The van der Waals surface area contributed by atoms with Crippen LogP contribution in [-0.4, -0.2) is 82.6 Å². The number of rotatable bonds is 17. The Bertz CT molecular complexity index is 2070. The van der Waals surface area contributed by atoms with E-state index in [1.54, 1.807) is 24.3 Å².